The molecule has 0 N–H and O–H groups in total. The number of thiophene rings is 1. The molecular formula is C12H17Cl2NOS. The molecule has 1 aromatic heterocycles. The molecule has 2 fully saturated rings. The minimum atomic E-state index is 0. The highest BCUT2D eigenvalue weighted by Crippen LogP contribution is 2.37. The molecule has 1 saturated carbocycles. The Kier molecular flexibility index (Phi) is 4.59. The standard InChI is InChI=1S/C12H16ClNOS.ClH/c13-12-10(5-8-16-12)14-6-7-15-11-4-2-1-3-9(11)14;/h5,8-9,11H,1-4,6-7H2;1H/t9-,11-;/m0./s1. The number of anilines is 1. The Balaban J connectivity index is 0.00000108. The topological polar surface area (TPSA) is 12.5 Å². The lowest BCUT2D eigenvalue weighted by Crippen LogP contribution is -2.52. The molecule has 2 nitrogen and oxygen atoms in total. The van der Waals surface area contributed by atoms with Gasteiger partial charge in [-0.3, -0.25) is 0 Å². The summed E-state index contributed by atoms with van der Waals surface area (Å²) in [6.45, 7) is 1.82. The molecule has 0 spiro atoms. The molecule has 5 heteroatoms. The maximum atomic E-state index is 6.24. The summed E-state index contributed by atoms with van der Waals surface area (Å²) < 4.78 is 6.79. The van der Waals surface area contributed by atoms with Gasteiger partial charge in [0.15, 0.2) is 0 Å². The van der Waals surface area contributed by atoms with Crippen LogP contribution in [0.3, 0.4) is 0 Å². The Labute approximate surface area is 117 Å². The van der Waals surface area contributed by atoms with Crippen LogP contribution in [0.4, 0.5) is 5.69 Å². The first kappa shape index (κ1) is 13.5. The van der Waals surface area contributed by atoms with Crippen molar-refractivity contribution in [3.05, 3.63) is 15.8 Å². The molecular weight excluding hydrogens is 277 g/mol. The quantitative estimate of drug-likeness (QED) is 0.777. The molecule has 2 aliphatic rings. The molecule has 0 aromatic carbocycles. The fraction of sp³-hybridized carbons (Fsp3) is 0.667. The third-order valence-corrected chi connectivity index (χ3v) is 4.79. The van der Waals surface area contributed by atoms with Crippen molar-refractivity contribution in [2.24, 2.45) is 0 Å². The highest BCUT2D eigenvalue weighted by atomic mass is 35.5. The predicted molar refractivity (Wildman–Crippen MR) is 75.9 cm³/mol. The van der Waals surface area contributed by atoms with Crippen molar-refractivity contribution in [1.29, 1.82) is 0 Å². The van der Waals surface area contributed by atoms with Gasteiger partial charge in [-0.25, -0.2) is 0 Å². The second-order valence-corrected chi connectivity index (χ2v) is 6.05. The Morgan fingerprint density at radius 3 is 2.94 bits per heavy atom. The fourth-order valence-electron chi connectivity index (χ4n) is 2.89. The first-order chi connectivity index (χ1) is 7.86. The Bertz CT molecular complexity index is 369. The number of ether oxygens (including phenoxy) is 1. The fourth-order valence-corrected chi connectivity index (χ4v) is 3.84. The lowest BCUT2D eigenvalue weighted by molar-refractivity contribution is -0.00863. The first-order valence-electron chi connectivity index (χ1n) is 5.97. The van der Waals surface area contributed by atoms with Gasteiger partial charge in [-0.2, -0.15) is 0 Å². The van der Waals surface area contributed by atoms with E-state index in [1.807, 2.05) is 0 Å². The number of morpholine rings is 1. The van der Waals surface area contributed by atoms with Crippen LogP contribution >= 0.6 is 35.3 Å². The van der Waals surface area contributed by atoms with E-state index in [0.29, 0.717) is 12.1 Å². The van der Waals surface area contributed by atoms with Gasteiger partial charge in [0.25, 0.3) is 0 Å². The number of fused-ring (bicyclic) bond motifs is 1. The smallest absolute Gasteiger partial charge is 0.116 e. The van der Waals surface area contributed by atoms with E-state index in [4.69, 9.17) is 16.3 Å². The van der Waals surface area contributed by atoms with Gasteiger partial charge >= 0.3 is 0 Å². The minimum Gasteiger partial charge on any atom is -0.374 e. The molecule has 2 atom stereocenters. The van der Waals surface area contributed by atoms with Crippen molar-refractivity contribution in [2.75, 3.05) is 18.1 Å². The summed E-state index contributed by atoms with van der Waals surface area (Å²) >= 11 is 7.86. The van der Waals surface area contributed by atoms with E-state index in [2.05, 4.69) is 16.3 Å². The summed E-state index contributed by atoms with van der Waals surface area (Å²) in [5, 5.41) is 2.07. The average molecular weight is 294 g/mol. The number of halogens is 2. The Morgan fingerprint density at radius 1 is 1.35 bits per heavy atom. The van der Waals surface area contributed by atoms with Gasteiger partial charge in [-0.15, -0.1) is 23.7 Å². The van der Waals surface area contributed by atoms with Gasteiger partial charge in [0.2, 0.25) is 0 Å². The van der Waals surface area contributed by atoms with Gasteiger partial charge < -0.3 is 9.64 Å². The van der Waals surface area contributed by atoms with Crippen molar-refractivity contribution in [3.63, 3.8) is 0 Å². The van der Waals surface area contributed by atoms with Crippen LogP contribution in [0, 0.1) is 0 Å². The van der Waals surface area contributed by atoms with Crippen molar-refractivity contribution in [1.82, 2.24) is 0 Å². The third-order valence-electron chi connectivity index (χ3n) is 3.64. The summed E-state index contributed by atoms with van der Waals surface area (Å²) in [6, 6.07) is 2.69. The molecule has 1 aromatic rings. The highest BCUT2D eigenvalue weighted by Gasteiger charge is 2.35. The van der Waals surface area contributed by atoms with Crippen LogP contribution < -0.4 is 4.90 Å². The zero-order chi connectivity index (χ0) is 11.0. The van der Waals surface area contributed by atoms with E-state index >= 15 is 0 Å². The summed E-state index contributed by atoms with van der Waals surface area (Å²) in [4.78, 5) is 2.46. The summed E-state index contributed by atoms with van der Waals surface area (Å²) in [5.41, 5.74) is 1.21. The molecule has 1 saturated heterocycles. The van der Waals surface area contributed by atoms with Crippen LogP contribution in [0.1, 0.15) is 25.7 Å². The van der Waals surface area contributed by atoms with Crippen LogP contribution in [-0.2, 0) is 4.74 Å². The van der Waals surface area contributed by atoms with E-state index < -0.39 is 0 Å². The van der Waals surface area contributed by atoms with Gasteiger partial charge in [-0.1, -0.05) is 24.4 Å². The van der Waals surface area contributed by atoms with Gasteiger partial charge in [-0.05, 0) is 24.3 Å². The number of hydrogen-bond acceptors (Lipinski definition) is 3. The predicted octanol–water partition coefficient (Wildman–Crippen LogP) is 3.97. The molecule has 0 radical (unpaired) electrons. The Morgan fingerprint density at radius 2 is 2.18 bits per heavy atom. The van der Waals surface area contributed by atoms with E-state index in [1.165, 1.54) is 31.4 Å². The highest BCUT2D eigenvalue weighted by molar-refractivity contribution is 7.15. The van der Waals surface area contributed by atoms with E-state index in [9.17, 15) is 0 Å². The van der Waals surface area contributed by atoms with Gasteiger partial charge in [0.1, 0.15) is 4.34 Å². The summed E-state index contributed by atoms with van der Waals surface area (Å²) in [7, 11) is 0. The van der Waals surface area contributed by atoms with E-state index in [-0.39, 0.29) is 12.4 Å². The number of hydrogen-bond donors (Lipinski definition) is 0. The number of nitrogens with zero attached hydrogens (tertiary/aromatic N) is 1. The zero-order valence-electron chi connectivity index (χ0n) is 9.60. The molecule has 1 aliphatic heterocycles. The molecule has 96 valence electrons. The normalized spacial score (nSPS) is 28.4. The van der Waals surface area contributed by atoms with Crippen molar-refractivity contribution >= 4 is 41.0 Å². The summed E-state index contributed by atoms with van der Waals surface area (Å²) in [5.74, 6) is 0. The van der Waals surface area contributed by atoms with Crippen molar-refractivity contribution in [2.45, 2.75) is 37.8 Å². The molecule has 1 aliphatic carbocycles. The molecule has 0 amide bonds. The molecule has 3 rings (SSSR count). The molecule has 0 bridgehead atoms. The van der Waals surface area contributed by atoms with Gasteiger partial charge in [0, 0.05) is 6.54 Å². The van der Waals surface area contributed by atoms with Crippen molar-refractivity contribution in [3.8, 4) is 0 Å². The van der Waals surface area contributed by atoms with Crippen LogP contribution in [0.25, 0.3) is 0 Å². The zero-order valence-corrected chi connectivity index (χ0v) is 12.0. The Hall–Kier alpha value is 0.0400. The maximum Gasteiger partial charge on any atom is 0.116 e. The van der Waals surface area contributed by atoms with E-state index in [0.717, 1.165) is 17.5 Å². The average Bonchev–Trinajstić information content (AvgIpc) is 2.75. The SMILES string of the molecule is Cl.Clc1sccc1N1CCO[C@H]2CCCC[C@@H]21. The van der Waals surface area contributed by atoms with Crippen molar-refractivity contribution < 1.29 is 4.74 Å². The minimum absolute atomic E-state index is 0. The summed E-state index contributed by atoms with van der Waals surface area (Å²) in [6.07, 6.45) is 5.52. The largest absolute Gasteiger partial charge is 0.374 e. The first-order valence-corrected chi connectivity index (χ1v) is 7.23. The maximum absolute atomic E-state index is 6.24. The van der Waals surface area contributed by atoms with Crippen LogP contribution in [0.15, 0.2) is 11.4 Å². The molecule has 0 unspecified atom stereocenters. The molecule has 2 heterocycles. The van der Waals surface area contributed by atoms with Crippen LogP contribution in [-0.4, -0.2) is 25.3 Å². The van der Waals surface area contributed by atoms with Gasteiger partial charge in [0.05, 0.1) is 24.4 Å². The van der Waals surface area contributed by atoms with E-state index in [1.54, 1.807) is 11.3 Å². The third kappa shape index (κ3) is 2.58. The lowest BCUT2D eigenvalue weighted by Gasteiger charge is -2.44. The molecule has 17 heavy (non-hydrogen) atoms. The lowest BCUT2D eigenvalue weighted by atomic mass is 9.90. The second kappa shape index (κ2) is 5.79. The number of rotatable bonds is 1. The monoisotopic (exact) mass is 293 g/mol. The van der Waals surface area contributed by atoms with Crippen LogP contribution in [0.2, 0.25) is 4.34 Å². The van der Waals surface area contributed by atoms with Crippen LogP contribution in [0.5, 0.6) is 0 Å². The second-order valence-electron chi connectivity index (χ2n) is 4.53.